The van der Waals surface area contributed by atoms with Gasteiger partial charge in [-0.1, -0.05) is 68.5 Å². The third-order valence-electron chi connectivity index (χ3n) is 13.2. The van der Waals surface area contributed by atoms with Crippen molar-refractivity contribution in [2.24, 2.45) is 16.7 Å². The summed E-state index contributed by atoms with van der Waals surface area (Å²) in [5.41, 5.74) is -6.33. The van der Waals surface area contributed by atoms with Crippen LogP contribution >= 0.6 is 0 Å². The van der Waals surface area contributed by atoms with Crippen LogP contribution in [0.3, 0.4) is 0 Å². The van der Waals surface area contributed by atoms with Gasteiger partial charge in [-0.15, -0.1) is 0 Å². The highest BCUT2D eigenvalue weighted by Crippen LogP contribution is 2.64. The molecular formula is C44H53NO13. The summed E-state index contributed by atoms with van der Waals surface area (Å²) in [6.45, 7) is 10.3. The molecule has 2 saturated carbocycles. The number of amides is 1. The maximum Gasteiger partial charge on any atom is 0.338 e. The molecule has 3 fully saturated rings. The van der Waals surface area contributed by atoms with E-state index in [-0.39, 0.29) is 29.7 Å². The Kier molecular flexibility index (Phi) is 11.7. The number of benzene rings is 2. The van der Waals surface area contributed by atoms with Gasteiger partial charge in [0, 0.05) is 30.8 Å². The molecule has 3 aliphatic carbocycles. The van der Waals surface area contributed by atoms with Crippen LogP contribution in [0.25, 0.3) is 0 Å². The van der Waals surface area contributed by atoms with Crippen molar-refractivity contribution in [2.45, 2.75) is 122 Å². The van der Waals surface area contributed by atoms with Crippen LogP contribution in [0.5, 0.6) is 0 Å². The van der Waals surface area contributed by atoms with Gasteiger partial charge in [-0.25, -0.2) is 4.79 Å². The van der Waals surface area contributed by atoms with E-state index in [9.17, 15) is 44.4 Å². The number of ether oxygens (including phenoxy) is 4. The van der Waals surface area contributed by atoms with E-state index in [1.165, 1.54) is 26.0 Å². The number of aliphatic hydroxyl groups is 4. The molecule has 0 spiro atoms. The monoisotopic (exact) mass is 803 g/mol. The zero-order chi connectivity index (χ0) is 42.5. The number of ketones is 1. The lowest BCUT2D eigenvalue weighted by atomic mass is 9.44. The standard InChI is InChI=1S/C44H53NO13/c1-8-23(2)39(52)45-34(26-15-11-9-12-16-26)28(47)19-32(49)56-29-21-44(54)38(57-40(53)27-17-13-10-14-18-27)36-42(7,37(51)35(50)33(24(29)3)41(44,5)6)30(48)20-31-43(36,22-55-31)58-25(4)46/h8-18,28-31,34-36,38,47-48,50,54H,19-22H2,1-7H3,(H,45,52)/b23-8+/t28-,29-,30-,31+,34-,35+,36?,38-,42+,43-,44+/m0/s1. The predicted molar refractivity (Wildman–Crippen MR) is 206 cm³/mol. The van der Waals surface area contributed by atoms with E-state index >= 15 is 0 Å². The number of hydrogen-bond donors (Lipinski definition) is 5. The number of rotatable bonds is 10. The van der Waals surface area contributed by atoms with E-state index < -0.39 is 113 Å². The number of Topliss-reactive ketones (excluding diaryl/α,β-unsaturated/α-hetero) is 1. The summed E-state index contributed by atoms with van der Waals surface area (Å²) in [6, 6.07) is 15.5. The van der Waals surface area contributed by atoms with Crippen LogP contribution in [-0.4, -0.2) is 104 Å². The van der Waals surface area contributed by atoms with Crippen LogP contribution in [0.15, 0.2) is 83.5 Å². The van der Waals surface area contributed by atoms with Crippen LogP contribution in [0.4, 0.5) is 0 Å². The van der Waals surface area contributed by atoms with Crippen molar-refractivity contribution >= 4 is 29.6 Å². The summed E-state index contributed by atoms with van der Waals surface area (Å²) in [5.74, 6) is -5.41. The topological polar surface area (TPSA) is 215 Å². The van der Waals surface area contributed by atoms with Crippen molar-refractivity contribution in [3.05, 3.63) is 94.6 Å². The first kappa shape index (κ1) is 42.9. The van der Waals surface area contributed by atoms with Crippen LogP contribution in [0.1, 0.15) is 89.7 Å². The van der Waals surface area contributed by atoms with E-state index in [4.69, 9.17) is 18.9 Å². The number of nitrogens with one attached hydrogen (secondary N) is 1. The Balaban J connectivity index is 1.45. The Labute approximate surface area is 337 Å². The summed E-state index contributed by atoms with van der Waals surface area (Å²) in [6.07, 6.45) is -8.66. The van der Waals surface area contributed by atoms with Crippen LogP contribution in [-0.2, 0) is 38.1 Å². The zero-order valence-electron chi connectivity index (χ0n) is 33.8. The maximum absolute atomic E-state index is 14.9. The molecule has 1 unspecified atom stereocenters. The highest BCUT2D eigenvalue weighted by atomic mass is 16.6. The fraction of sp³-hybridized carbons (Fsp3) is 0.523. The second-order valence-electron chi connectivity index (χ2n) is 16.8. The van der Waals surface area contributed by atoms with Gasteiger partial charge >= 0.3 is 17.9 Å². The largest absolute Gasteiger partial charge is 0.458 e. The van der Waals surface area contributed by atoms with E-state index in [1.54, 1.807) is 89.2 Å². The predicted octanol–water partition coefficient (Wildman–Crippen LogP) is 3.21. The molecule has 14 heteroatoms. The lowest BCUT2D eigenvalue weighted by molar-refractivity contribution is -0.346. The summed E-state index contributed by atoms with van der Waals surface area (Å²) in [5, 5.41) is 51.6. The van der Waals surface area contributed by atoms with Crippen molar-refractivity contribution in [3.8, 4) is 0 Å². The lowest BCUT2D eigenvalue weighted by Crippen LogP contribution is -2.81. The minimum absolute atomic E-state index is 0.0120. The normalized spacial score (nSPS) is 33.8. The molecule has 1 saturated heterocycles. The Bertz CT molecular complexity index is 2010. The van der Waals surface area contributed by atoms with E-state index in [1.807, 2.05) is 0 Å². The number of fused-ring (bicyclic) bond motifs is 5. The van der Waals surface area contributed by atoms with Gasteiger partial charge < -0.3 is 44.7 Å². The van der Waals surface area contributed by atoms with E-state index in [0.29, 0.717) is 11.1 Å². The molecule has 11 atom stereocenters. The van der Waals surface area contributed by atoms with Crippen LogP contribution in [0.2, 0.25) is 0 Å². The lowest BCUT2D eigenvalue weighted by Gasteiger charge is -2.67. The first-order chi connectivity index (χ1) is 27.2. The second-order valence-corrected chi connectivity index (χ2v) is 16.8. The van der Waals surface area contributed by atoms with Gasteiger partial charge in [-0.05, 0) is 56.5 Å². The molecular weight excluding hydrogens is 750 g/mol. The number of carbonyl (C=O) groups is 5. The molecule has 2 bridgehead atoms. The van der Waals surface area contributed by atoms with Gasteiger partial charge in [0.2, 0.25) is 5.91 Å². The molecule has 1 heterocycles. The molecule has 2 aromatic rings. The first-order valence-corrected chi connectivity index (χ1v) is 19.5. The fourth-order valence-corrected chi connectivity index (χ4v) is 9.72. The summed E-state index contributed by atoms with van der Waals surface area (Å²) < 4.78 is 24.2. The molecule has 58 heavy (non-hydrogen) atoms. The van der Waals surface area contributed by atoms with Crippen molar-refractivity contribution in [1.29, 1.82) is 0 Å². The molecule has 6 rings (SSSR count). The van der Waals surface area contributed by atoms with E-state index in [0.717, 1.165) is 0 Å². The number of carbonyl (C=O) groups excluding carboxylic acids is 5. The van der Waals surface area contributed by atoms with Gasteiger partial charge in [-0.3, -0.25) is 19.2 Å². The van der Waals surface area contributed by atoms with Crippen molar-refractivity contribution in [3.63, 3.8) is 0 Å². The molecule has 1 aliphatic heterocycles. The molecule has 0 radical (unpaired) electrons. The minimum atomic E-state index is -2.29. The molecule has 2 aromatic carbocycles. The number of esters is 3. The highest BCUT2D eigenvalue weighted by Gasteiger charge is 2.78. The summed E-state index contributed by atoms with van der Waals surface area (Å²) >= 11 is 0. The first-order valence-electron chi connectivity index (χ1n) is 19.5. The highest BCUT2D eigenvalue weighted by molar-refractivity contribution is 5.94. The van der Waals surface area contributed by atoms with Gasteiger partial charge in [0.1, 0.15) is 30.0 Å². The molecule has 14 nitrogen and oxygen atoms in total. The summed E-state index contributed by atoms with van der Waals surface area (Å²) in [4.78, 5) is 68.6. The Morgan fingerprint density at radius 1 is 0.983 bits per heavy atom. The Morgan fingerprint density at radius 3 is 2.17 bits per heavy atom. The SMILES string of the molecule is C/C=C(\C)C(=O)N[C@@H](c1ccccc1)[C@@H](O)CC(=O)O[C@H]1C[C@@]2(O)[C@@H](OC(=O)c3ccccc3)C3[C@](C)(C(=O)[C@H](O)C(=C1C)C2(C)C)[C@@H](O)C[C@H]1OC[C@@]31OC(C)=O. The Morgan fingerprint density at radius 2 is 1.60 bits per heavy atom. The van der Waals surface area contributed by atoms with Gasteiger partial charge in [0.25, 0.3) is 0 Å². The molecule has 312 valence electrons. The average Bonchev–Trinajstić information content (AvgIpc) is 3.18. The fourth-order valence-electron chi connectivity index (χ4n) is 9.72. The van der Waals surface area contributed by atoms with Gasteiger partial charge in [0.15, 0.2) is 11.4 Å². The summed E-state index contributed by atoms with van der Waals surface area (Å²) in [7, 11) is 0. The number of allylic oxidation sites excluding steroid dienone is 1. The van der Waals surface area contributed by atoms with Crippen molar-refractivity contribution < 1.29 is 63.3 Å². The third-order valence-corrected chi connectivity index (χ3v) is 13.2. The number of hydrogen-bond acceptors (Lipinski definition) is 13. The molecule has 0 aromatic heterocycles. The molecule has 5 N–H and O–H groups in total. The van der Waals surface area contributed by atoms with Gasteiger partial charge in [0.05, 0.1) is 48.2 Å². The van der Waals surface area contributed by atoms with Crippen LogP contribution < -0.4 is 5.32 Å². The average molecular weight is 804 g/mol. The van der Waals surface area contributed by atoms with Crippen LogP contribution in [0, 0.1) is 16.7 Å². The smallest absolute Gasteiger partial charge is 0.338 e. The quantitative estimate of drug-likeness (QED) is 0.101. The second kappa shape index (κ2) is 15.8. The van der Waals surface area contributed by atoms with Crippen molar-refractivity contribution in [1.82, 2.24) is 5.32 Å². The zero-order valence-corrected chi connectivity index (χ0v) is 33.8. The molecule has 1 amide bonds. The van der Waals surface area contributed by atoms with E-state index in [2.05, 4.69) is 5.32 Å². The third kappa shape index (κ3) is 6.98. The number of aliphatic hydroxyl groups excluding tert-OH is 3. The maximum atomic E-state index is 14.9. The van der Waals surface area contributed by atoms with Gasteiger partial charge in [-0.2, -0.15) is 0 Å². The Hall–Kier alpha value is -4.73. The van der Waals surface area contributed by atoms with Crippen molar-refractivity contribution in [2.75, 3.05) is 6.61 Å². The minimum Gasteiger partial charge on any atom is -0.458 e. The molecule has 4 aliphatic rings.